The molecule has 0 amide bonds. The minimum Gasteiger partial charge on any atom is -0.497 e. The molecule has 0 saturated carbocycles. The van der Waals surface area contributed by atoms with E-state index in [-0.39, 0.29) is 0 Å². The van der Waals surface area contributed by atoms with Crippen LogP contribution in [0.25, 0.3) is 0 Å². The van der Waals surface area contributed by atoms with Crippen LogP contribution in [0.15, 0.2) is 18.2 Å². The van der Waals surface area contributed by atoms with Crippen LogP contribution in [-0.2, 0) is 4.79 Å². The van der Waals surface area contributed by atoms with Crippen molar-refractivity contribution >= 4 is 5.97 Å². The predicted octanol–water partition coefficient (Wildman–Crippen LogP) is 1.14. The SMILES string of the molecule is COc1cc(C#CC(=O)O)cc(OC)c1. The summed E-state index contributed by atoms with van der Waals surface area (Å²) in [5.41, 5.74) is 0.536. The van der Waals surface area contributed by atoms with Gasteiger partial charge in [-0.15, -0.1) is 0 Å². The van der Waals surface area contributed by atoms with E-state index in [9.17, 15) is 4.79 Å². The molecule has 0 aliphatic carbocycles. The lowest BCUT2D eigenvalue weighted by atomic mass is 10.2. The third kappa shape index (κ3) is 3.24. The molecule has 0 unspecified atom stereocenters. The summed E-state index contributed by atoms with van der Waals surface area (Å²) in [6.07, 6.45) is 0. The summed E-state index contributed by atoms with van der Waals surface area (Å²) in [6.45, 7) is 0. The normalized spacial score (nSPS) is 8.67. The summed E-state index contributed by atoms with van der Waals surface area (Å²) >= 11 is 0. The highest BCUT2D eigenvalue weighted by Crippen LogP contribution is 2.21. The van der Waals surface area contributed by atoms with Gasteiger partial charge in [0.05, 0.1) is 14.2 Å². The summed E-state index contributed by atoms with van der Waals surface area (Å²) in [5.74, 6) is 4.48. The monoisotopic (exact) mass is 206 g/mol. The number of hydrogen-bond acceptors (Lipinski definition) is 3. The van der Waals surface area contributed by atoms with Crippen LogP contribution in [0.3, 0.4) is 0 Å². The van der Waals surface area contributed by atoms with Crippen molar-refractivity contribution in [2.24, 2.45) is 0 Å². The van der Waals surface area contributed by atoms with Gasteiger partial charge >= 0.3 is 5.97 Å². The second-order valence-electron chi connectivity index (χ2n) is 2.66. The first-order valence-corrected chi connectivity index (χ1v) is 4.13. The number of carbonyl (C=O) groups is 1. The van der Waals surface area contributed by atoms with Crippen molar-refractivity contribution < 1.29 is 19.4 Å². The highest BCUT2D eigenvalue weighted by molar-refractivity contribution is 5.87. The molecular formula is C11H10O4. The fraction of sp³-hybridized carbons (Fsp3) is 0.182. The Morgan fingerprint density at radius 2 is 1.73 bits per heavy atom. The average molecular weight is 206 g/mol. The third-order valence-corrected chi connectivity index (χ3v) is 1.67. The minimum absolute atomic E-state index is 0.536. The standard InChI is InChI=1S/C11H10O4/c1-14-9-5-8(3-4-11(12)13)6-10(7-9)15-2/h5-7H,1-2H3,(H,12,13). The van der Waals surface area contributed by atoms with Gasteiger partial charge in [-0.2, -0.15) is 0 Å². The Bertz CT molecular complexity index is 404. The molecule has 0 spiro atoms. The molecule has 1 aromatic rings. The van der Waals surface area contributed by atoms with Crippen LogP contribution in [0, 0.1) is 11.8 Å². The van der Waals surface area contributed by atoms with E-state index in [1.807, 2.05) is 5.92 Å². The number of carboxylic acids is 1. The largest absolute Gasteiger partial charge is 0.497 e. The molecule has 0 bridgehead atoms. The molecule has 4 nitrogen and oxygen atoms in total. The van der Waals surface area contributed by atoms with Crippen molar-refractivity contribution in [3.8, 4) is 23.3 Å². The lowest BCUT2D eigenvalue weighted by Crippen LogP contribution is -1.90. The Morgan fingerprint density at radius 3 is 2.13 bits per heavy atom. The molecular weight excluding hydrogens is 196 g/mol. The molecule has 78 valence electrons. The summed E-state index contributed by atoms with van der Waals surface area (Å²) in [7, 11) is 3.03. The molecule has 0 aromatic heterocycles. The molecule has 0 radical (unpaired) electrons. The van der Waals surface area contributed by atoms with E-state index in [2.05, 4.69) is 5.92 Å². The quantitative estimate of drug-likeness (QED) is 0.737. The smallest absolute Gasteiger partial charge is 0.382 e. The molecule has 0 fully saturated rings. The van der Waals surface area contributed by atoms with Gasteiger partial charge in [-0.1, -0.05) is 5.92 Å². The topological polar surface area (TPSA) is 55.8 Å². The van der Waals surface area contributed by atoms with Crippen LogP contribution < -0.4 is 9.47 Å². The number of ether oxygens (including phenoxy) is 2. The van der Waals surface area contributed by atoms with Gasteiger partial charge in [0, 0.05) is 17.6 Å². The lowest BCUT2D eigenvalue weighted by molar-refractivity contribution is -0.130. The molecule has 0 heterocycles. The number of benzene rings is 1. The summed E-state index contributed by atoms with van der Waals surface area (Å²) in [5, 5.41) is 8.39. The van der Waals surface area contributed by atoms with Crippen LogP contribution in [0.2, 0.25) is 0 Å². The molecule has 1 N–H and O–H groups in total. The maximum atomic E-state index is 10.2. The van der Waals surface area contributed by atoms with Gasteiger partial charge in [0.25, 0.3) is 0 Å². The van der Waals surface area contributed by atoms with Gasteiger partial charge in [0.15, 0.2) is 0 Å². The molecule has 4 heteroatoms. The van der Waals surface area contributed by atoms with Crippen molar-refractivity contribution in [1.29, 1.82) is 0 Å². The zero-order valence-corrected chi connectivity index (χ0v) is 8.40. The van der Waals surface area contributed by atoms with Crippen LogP contribution in [0.5, 0.6) is 11.5 Å². The molecule has 1 rings (SSSR count). The molecule has 0 aliphatic rings. The Morgan fingerprint density at radius 1 is 1.20 bits per heavy atom. The fourth-order valence-electron chi connectivity index (χ4n) is 1.01. The van der Waals surface area contributed by atoms with Gasteiger partial charge in [-0.05, 0) is 12.1 Å². The van der Waals surface area contributed by atoms with E-state index in [1.54, 1.807) is 18.2 Å². The second-order valence-corrected chi connectivity index (χ2v) is 2.66. The van der Waals surface area contributed by atoms with E-state index in [1.165, 1.54) is 14.2 Å². The zero-order chi connectivity index (χ0) is 11.3. The number of methoxy groups -OCH3 is 2. The van der Waals surface area contributed by atoms with Crippen molar-refractivity contribution in [2.45, 2.75) is 0 Å². The second kappa shape index (κ2) is 4.91. The maximum absolute atomic E-state index is 10.2. The number of hydrogen-bond donors (Lipinski definition) is 1. The number of rotatable bonds is 2. The van der Waals surface area contributed by atoms with Gasteiger partial charge in [-0.25, -0.2) is 4.79 Å². The van der Waals surface area contributed by atoms with Crippen LogP contribution in [0.1, 0.15) is 5.56 Å². The van der Waals surface area contributed by atoms with E-state index >= 15 is 0 Å². The first-order chi connectivity index (χ1) is 7.15. The minimum atomic E-state index is -1.17. The fourth-order valence-corrected chi connectivity index (χ4v) is 1.01. The highest BCUT2D eigenvalue weighted by atomic mass is 16.5. The number of carboxylic acid groups (broad SMARTS) is 1. The first-order valence-electron chi connectivity index (χ1n) is 4.13. The van der Waals surface area contributed by atoms with Gasteiger partial charge in [0.2, 0.25) is 0 Å². The van der Waals surface area contributed by atoms with Crippen LogP contribution in [-0.4, -0.2) is 25.3 Å². The Hall–Kier alpha value is -2.15. The lowest BCUT2D eigenvalue weighted by Gasteiger charge is -2.04. The maximum Gasteiger partial charge on any atom is 0.382 e. The van der Waals surface area contributed by atoms with Gasteiger partial charge < -0.3 is 14.6 Å². The average Bonchev–Trinajstić information content (AvgIpc) is 2.25. The molecule has 0 saturated heterocycles. The van der Waals surface area contributed by atoms with E-state index < -0.39 is 5.97 Å². The van der Waals surface area contributed by atoms with Gasteiger partial charge in [-0.3, -0.25) is 0 Å². The van der Waals surface area contributed by atoms with Crippen molar-refractivity contribution in [3.63, 3.8) is 0 Å². The van der Waals surface area contributed by atoms with Crippen LogP contribution in [0.4, 0.5) is 0 Å². The first kappa shape index (κ1) is 10.9. The summed E-state index contributed by atoms with van der Waals surface area (Å²) in [6, 6.07) is 4.96. The summed E-state index contributed by atoms with van der Waals surface area (Å²) in [4.78, 5) is 10.2. The molecule has 1 aromatic carbocycles. The van der Waals surface area contributed by atoms with Crippen molar-refractivity contribution in [2.75, 3.05) is 14.2 Å². The molecule has 15 heavy (non-hydrogen) atoms. The Labute approximate surface area is 87.4 Å². The van der Waals surface area contributed by atoms with Crippen LogP contribution >= 0.6 is 0 Å². The van der Waals surface area contributed by atoms with Gasteiger partial charge in [0.1, 0.15) is 11.5 Å². The molecule has 0 atom stereocenters. The Kier molecular flexibility index (Phi) is 3.58. The summed E-state index contributed by atoms with van der Waals surface area (Å²) < 4.78 is 10.0. The van der Waals surface area contributed by atoms with Crippen molar-refractivity contribution in [3.05, 3.63) is 23.8 Å². The van der Waals surface area contributed by atoms with E-state index in [4.69, 9.17) is 14.6 Å². The van der Waals surface area contributed by atoms with E-state index in [0.717, 1.165) is 0 Å². The highest BCUT2D eigenvalue weighted by Gasteiger charge is 1.99. The molecule has 0 aliphatic heterocycles. The Balaban J connectivity index is 3.08. The van der Waals surface area contributed by atoms with Crippen molar-refractivity contribution in [1.82, 2.24) is 0 Å². The predicted molar refractivity (Wildman–Crippen MR) is 54.1 cm³/mol. The van der Waals surface area contributed by atoms with E-state index in [0.29, 0.717) is 17.1 Å². The zero-order valence-electron chi connectivity index (χ0n) is 8.40. The number of aliphatic carboxylic acids is 1. The third-order valence-electron chi connectivity index (χ3n) is 1.67.